The molecule has 0 radical (unpaired) electrons. The van der Waals surface area contributed by atoms with Crippen LogP contribution in [0.5, 0.6) is 11.5 Å². The Morgan fingerprint density at radius 3 is 2.44 bits per heavy atom. The van der Waals surface area contributed by atoms with E-state index in [2.05, 4.69) is 15.5 Å². The molecule has 8 heteroatoms. The molecule has 0 unspecified atom stereocenters. The molecular weight excluding hydrogens is 364 g/mol. The van der Waals surface area contributed by atoms with E-state index in [1.807, 2.05) is 34.9 Å². The molecule has 0 atom stereocenters. The van der Waals surface area contributed by atoms with Gasteiger partial charge < -0.3 is 14.8 Å². The SMILES string of the molecule is COc1cc(NC(=O)Cc2n[nH]c(=S)n2Cc2ccccc2)cc(OC)c1. The zero-order chi connectivity index (χ0) is 19.2. The highest BCUT2D eigenvalue weighted by molar-refractivity contribution is 7.71. The molecular formula is C19H20N4O3S. The van der Waals surface area contributed by atoms with Crippen molar-refractivity contribution in [2.45, 2.75) is 13.0 Å². The predicted octanol–water partition coefficient (Wildman–Crippen LogP) is 3.19. The van der Waals surface area contributed by atoms with Crippen molar-refractivity contribution in [1.82, 2.24) is 14.8 Å². The summed E-state index contributed by atoms with van der Waals surface area (Å²) in [6.07, 6.45) is 0.0828. The van der Waals surface area contributed by atoms with Crippen LogP contribution in [0.25, 0.3) is 0 Å². The first-order valence-corrected chi connectivity index (χ1v) is 8.71. The highest BCUT2D eigenvalue weighted by Gasteiger charge is 2.13. The average molecular weight is 384 g/mol. The van der Waals surface area contributed by atoms with E-state index in [0.29, 0.717) is 34.3 Å². The Bertz CT molecular complexity index is 960. The molecule has 27 heavy (non-hydrogen) atoms. The van der Waals surface area contributed by atoms with Gasteiger partial charge in [-0.05, 0) is 17.8 Å². The zero-order valence-electron chi connectivity index (χ0n) is 15.1. The van der Waals surface area contributed by atoms with Gasteiger partial charge in [-0.3, -0.25) is 14.5 Å². The Morgan fingerprint density at radius 1 is 1.15 bits per heavy atom. The summed E-state index contributed by atoms with van der Waals surface area (Å²) in [5.41, 5.74) is 1.66. The Balaban J connectivity index is 1.74. The number of hydrogen-bond donors (Lipinski definition) is 2. The van der Waals surface area contributed by atoms with E-state index in [0.717, 1.165) is 5.56 Å². The maximum Gasteiger partial charge on any atom is 0.232 e. The van der Waals surface area contributed by atoms with Crippen molar-refractivity contribution in [3.8, 4) is 11.5 Å². The smallest absolute Gasteiger partial charge is 0.232 e. The van der Waals surface area contributed by atoms with Crippen LogP contribution in [-0.2, 0) is 17.8 Å². The summed E-state index contributed by atoms with van der Waals surface area (Å²) >= 11 is 5.30. The number of anilines is 1. The van der Waals surface area contributed by atoms with E-state index in [1.165, 1.54) is 0 Å². The van der Waals surface area contributed by atoms with E-state index >= 15 is 0 Å². The van der Waals surface area contributed by atoms with Crippen LogP contribution in [0.15, 0.2) is 48.5 Å². The molecule has 0 spiro atoms. The summed E-state index contributed by atoms with van der Waals surface area (Å²) in [5.74, 6) is 1.54. The molecule has 0 aliphatic carbocycles. The number of hydrogen-bond acceptors (Lipinski definition) is 5. The molecule has 1 amide bonds. The molecule has 2 N–H and O–H groups in total. The maximum absolute atomic E-state index is 12.5. The first kappa shape index (κ1) is 18.7. The van der Waals surface area contributed by atoms with Crippen LogP contribution in [-0.4, -0.2) is 34.9 Å². The van der Waals surface area contributed by atoms with Crippen LogP contribution in [0.1, 0.15) is 11.4 Å². The van der Waals surface area contributed by atoms with Crippen LogP contribution in [0.3, 0.4) is 0 Å². The number of nitrogens with zero attached hydrogens (tertiary/aromatic N) is 2. The van der Waals surface area contributed by atoms with Crippen LogP contribution < -0.4 is 14.8 Å². The molecule has 0 saturated carbocycles. The van der Waals surface area contributed by atoms with Gasteiger partial charge in [0.15, 0.2) is 4.77 Å². The molecule has 0 bridgehead atoms. The second kappa shape index (κ2) is 8.50. The molecule has 0 aliphatic rings. The predicted molar refractivity (Wildman–Crippen MR) is 105 cm³/mol. The lowest BCUT2D eigenvalue weighted by atomic mass is 10.2. The van der Waals surface area contributed by atoms with Crippen LogP contribution in [0.2, 0.25) is 0 Å². The normalized spacial score (nSPS) is 10.4. The molecule has 7 nitrogen and oxygen atoms in total. The lowest BCUT2D eigenvalue weighted by Gasteiger charge is -2.10. The van der Waals surface area contributed by atoms with Crippen molar-refractivity contribution in [3.63, 3.8) is 0 Å². The third-order valence-corrected chi connectivity index (χ3v) is 4.29. The van der Waals surface area contributed by atoms with Gasteiger partial charge in [0.2, 0.25) is 5.91 Å². The topological polar surface area (TPSA) is 81.2 Å². The van der Waals surface area contributed by atoms with E-state index < -0.39 is 0 Å². The molecule has 140 valence electrons. The number of H-pyrrole nitrogens is 1. The van der Waals surface area contributed by atoms with E-state index in [1.54, 1.807) is 32.4 Å². The largest absolute Gasteiger partial charge is 0.497 e. The minimum absolute atomic E-state index is 0.0828. The number of benzene rings is 2. The summed E-state index contributed by atoms with van der Waals surface area (Å²) < 4.78 is 12.7. The number of carbonyl (C=O) groups excluding carboxylic acids is 1. The van der Waals surface area contributed by atoms with Gasteiger partial charge >= 0.3 is 0 Å². The van der Waals surface area contributed by atoms with Gasteiger partial charge in [0.1, 0.15) is 17.3 Å². The van der Waals surface area contributed by atoms with Gasteiger partial charge in [-0.2, -0.15) is 5.10 Å². The fraction of sp³-hybridized carbons (Fsp3) is 0.211. The molecule has 2 aromatic carbocycles. The van der Waals surface area contributed by atoms with Gasteiger partial charge in [-0.15, -0.1) is 0 Å². The second-order valence-electron chi connectivity index (χ2n) is 5.84. The Labute approximate surface area is 161 Å². The fourth-order valence-corrected chi connectivity index (χ4v) is 2.86. The molecule has 0 fully saturated rings. The summed E-state index contributed by atoms with van der Waals surface area (Å²) in [6, 6.07) is 15.1. The minimum Gasteiger partial charge on any atom is -0.497 e. The number of nitrogens with one attached hydrogen (secondary N) is 2. The lowest BCUT2D eigenvalue weighted by molar-refractivity contribution is -0.115. The number of aromatic nitrogens is 3. The summed E-state index contributed by atoms with van der Waals surface area (Å²) in [6.45, 7) is 0.547. The van der Waals surface area contributed by atoms with Crippen molar-refractivity contribution in [2.24, 2.45) is 0 Å². The number of carbonyl (C=O) groups is 1. The second-order valence-corrected chi connectivity index (χ2v) is 6.23. The van der Waals surface area contributed by atoms with E-state index in [9.17, 15) is 4.79 Å². The number of rotatable bonds is 7. The van der Waals surface area contributed by atoms with Crippen molar-refractivity contribution in [2.75, 3.05) is 19.5 Å². The maximum atomic E-state index is 12.5. The van der Waals surface area contributed by atoms with Gasteiger partial charge in [-0.25, -0.2) is 0 Å². The van der Waals surface area contributed by atoms with E-state index in [-0.39, 0.29) is 12.3 Å². The van der Waals surface area contributed by atoms with Gasteiger partial charge in [0.25, 0.3) is 0 Å². The fourth-order valence-electron chi connectivity index (χ4n) is 2.64. The van der Waals surface area contributed by atoms with Gasteiger partial charge in [0, 0.05) is 23.9 Å². The molecule has 1 aromatic heterocycles. The Kier molecular flexibility index (Phi) is 5.87. The van der Waals surface area contributed by atoms with E-state index in [4.69, 9.17) is 21.7 Å². The molecule has 3 aromatic rings. The molecule has 3 rings (SSSR count). The average Bonchev–Trinajstić information content (AvgIpc) is 3.01. The minimum atomic E-state index is -0.214. The highest BCUT2D eigenvalue weighted by atomic mass is 32.1. The third-order valence-electron chi connectivity index (χ3n) is 3.97. The Hall–Kier alpha value is -3.13. The zero-order valence-corrected chi connectivity index (χ0v) is 15.9. The first-order valence-electron chi connectivity index (χ1n) is 8.30. The van der Waals surface area contributed by atoms with Crippen molar-refractivity contribution in [1.29, 1.82) is 0 Å². The number of aromatic amines is 1. The van der Waals surface area contributed by atoms with Crippen LogP contribution in [0.4, 0.5) is 5.69 Å². The summed E-state index contributed by atoms with van der Waals surface area (Å²) in [4.78, 5) is 12.5. The first-order chi connectivity index (χ1) is 13.1. The van der Waals surface area contributed by atoms with Crippen molar-refractivity contribution in [3.05, 3.63) is 64.7 Å². The number of methoxy groups -OCH3 is 2. The Morgan fingerprint density at radius 2 is 1.81 bits per heavy atom. The van der Waals surface area contributed by atoms with Crippen molar-refractivity contribution < 1.29 is 14.3 Å². The van der Waals surface area contributed by atoms with Gasteiger partial charge in [0.05, 0.1) is 27.2 Å². The van der Waals surface area contributed by atoms with Crippen molar-refractivity contribution >= 4 is 23.8 Å². The van der Waals surface area contributed by atoms with Crippen LogP contribution >= 0.6 is 12.2 Å². The third kappa shape index (κ3) is 4.73. The molecule has 0 aliphatic heterocycles. The standard InChI is InChI=1S/C19H20N4O3S/c1-25-15-8-14(9-16(10-15)26-2)20-18(24)11-17-21-22-19(27)23(17)12-13-6-4-3-5-7-13/h3-10H,11-12H2,1-2H3,(H,20,24)(H,22,27). The summed E-state index contributed by atoms with van der Waals surface area (Å²) in [5, 5.41) is 9.80. The van der Waals surface area contributed by atoms with Gasteiger partial charge in [-0.1, -0.05) is 30.3 Å². The quantitative estimate of drug-likeness (QED) is 0.612. The lowest BCUT2D eigenvalue weighted by Crippen LogP contribution is -2.18. The highest BCUT2D eigenvalue weighted by Crippen LogP contribution is 2.25. The monoisotopic (exact) mass is 384 g/mol. The summed E-state index contributed by atoms with van der Waals surface area (Å²) in [7, 11) is 3.11. The van der Waals surface area contributed by atoms with Crippen LogP contribution in [0, 0.1) is 4.77 Å². The molecule has 0 saturated heterocycles. The molecule has 1 heterocycles. The number of ether oxygens (including phenoxy) is 2. The number of amides is 1.